The molecule has 1 saturated heterocycles. The molecule has 1 aromatic heterocycles. The molecule has 2 rings (SSSR count). The Bertz CT molecular complexity index is 394. The third kappa shape index (κ3) is 2.71. The lowest BCUT2D eigenvalue weighted by atomic mass is 10.1. The lowest BCUT2D eigenvalue weighted by molar-refractivity contribution is 0.0229. The van der Waals surface area contributed by atoms with E-state index in [1.807, 2.05) is 0 Å². The van der Waals surface area contributed by atoms with Crippen molar-refractivity contribution < 1.29 is 9.90 Å². The van der Waals surface area contributed by atoms with Crippen LogP contribution >= 0.6 is 11.3 Å². The topological polar surface area (TPSA) is 56.7 Å². The van der Waals surface area contributed by atoms with Crippen LogP contribution in [0.1, 0.15) is 23.5 Å². The van der Waals surface area contributed by atoms with Crippen molar-refractivity contribution in [2.24, 2.45) is 0 Å². The Hall–Kier alpha value is -0.980. The fourth-order valence-electron chi connectivity index (χ4n) is 2.23. The van der Waals surface area contributed by atoms with E-state index in [1.165, 1.54) is 11.3 Å². The first kappa shape index (κ1) is 13.5. The van der Waals surface area contributed by atoms with Crippen LogP contribution in [0.4, 0.5) is 0 Å². The predicted octanol–water partition coefficient (Wildman–Crippen LogP) is 0.670. The molecule has 1 aliphatic rings. The lowest BCUT2D eigenvalue weighted by Gasteiger charge is -2.42. The fraction of sp³-hybridized carbons (Fsp3) is 0.667. The largest absolute Gasteiger partial charge is 0.394 e. The Morgan fingerprint density at radius 2 is 2.39 bits per heavy atom. The monoisotopic (exact) mass is 269 g/mol. The van der Waals surface area contributed by atoms with Gasteiger partial charge in [0.2, 0.25) is 0 Å². The lowest BCUT2D eigenvalue weighted by Crippen LogP contribution is -2.57. The molecule has 2 heterocycles. The van der Waals surface area contributed by atoms with Crippen LogP contribution in [0, 0.1) is 0 Å². The van der Waals surface area contributed by atoms with Crippen molar-refractivity contribution in [2.75, 3.05) is 26.2 Å². The molecule has 1 aromatic rings. The second kappa shape index (κ2) is 5.77. The number of aliphatic hydroxyl groups excluding tert-OH is 1. The van der Waals surface area contributed by atoms with Crippen LogP contribution in [-0.2, 0) is 0 Å². The zero-order valence-corrected chi connectivity index (χ0v) is 11.6. The Balaban J connectivity index is 2.07. The van der Waals surface area contributed by atoms with Gasteiger partial charge in [0, 0.05) is 25.7 Å². The van der Waals surface area contributed by atoms with Crippen LogP contribution in [0.3, 0.4) is 0 Å². The van der Waals surface area contributed by atoms with Gasteiger partial charge in [0.15, 0.2) is 0 Å². The standard InChI is InChI=1S/C12H19N3O2S/c1-9(2)14-3-4-15(10(6-14)7-16)12(17)11-5-13-8-18-11/h5,8-10,16H,3-4,6-7H2,1-2H3. The highest BCUT2D eigenvalue weighted by atomic mass is 32.1. The van der Waals surface area contributed by atoms with Crippen LogP contribution in [0.5, 0.6) is 0 Å². The maximum Gasteiger partial charge on any atom is 0.265 e. The van der Waals surface area contributed by atoms with Gasteiger partial charge in [-0.2, -0.15) is 0 Å². The van der Waals surface area contributed by atoms with E-state index in [1.54, 1.807) is 16.6 Å². The van der Waals surface area contributed by atoms with E-state index in [0.29, 0.717) is 17.5 Å². The quantitative estimate of drug-likeness (QED) is 0.876. The first-order valence-electron chi connectivity index (χ1n) is 6.18. The number of nitrogens with zero attached hydrogens (tertiary/aromatic N) is 3. The number of aliphatic hydroxyl groups is 1. The second-order valence-corrected chi connectivity index (χ2v) is 5.68. The second-order valence-electron chi connectivity index (χ2n) is 4.79. The van der Waals surface area contributed by atoms with Crippen molar-refractivity contribution in [1.82, 2.24) is 14.8 Å². The number of thiazole rings is 1. The van der Waals surface area contributed by atoms with Crippen LogP contribution in [0.15, 0.2) is 11.7 Å². The number of rotatable bonds is 3. The molecule has 1 atom stereocenters. The molecule has 0 aromatic carbocycles. The van der Waals surface area contributed by atoms with Crippen molar-refractivity contribution in [1.29, 1.82) is 0 Å². The molecule has 0 bridgehead atoms. The zero-order valence-electron chi connectivity index (χ0n) is 10.7. The molecule has 5 nitrogen and oxygen atoms in total. The first-order chi connectivity index (χ1) is 8.63. The van der Waals surface area contributed by atoms with E-state index >= 15 is 0 Å². The van der Waals surface area contributed by atoms with Gasteiger partial charge in [0.05, 0.1) is 24.4 Å². The van der Waals surface area contributed by atoms with Crippen LogP contribution in [0.2, 0.25) is 0 Å². The van der Waals surface area contributed by atoms with E-state index in [9.17, 15) is 9.90 Å². The number of piperazine rings is 1. The summed E-state index contributed by atoms with van der Waals surface area (Å²) < 4.78 is 0. The Morgan fingerprint density at radius 1 is 1.61 bits per heavy atom. The summed E-state index contributed by atoms with van der Waals surface area (Å²) in [5, 5.41) is 9.47. The SMILES string of the molecule is CC(C)N1CCN(C(=O)c2cncs2)C(CO)C1. The molecular formula is C12H19N3O2S. The molecule has 0 saturated carbocycles. The summed E-state index contributed by atoms with van der Waals surface area (Å²) in [5.41, 5.74) is 1.66. The first-order valence-corrected chi connectivity index (χ1v) is 7.05. The van der Waals surface area contributed by atoms with E-state index in [2.05, 4.69) is 23.7 Å². The normalized spacial score (nSPS) is 21.6. The van der Waals surface area contributed by atoms with Crippen LogP contribution < -0.4 is 0 Å². The molecule has 0 aliphatic carbocycles. The zero-order chi connectivity index (χ0) is 13.1. The Labute approximate surface area is 111 Å². The maximum atomic E-state index is 12.3. The molecular weight excluding hydrogens is 250 g/mol. The fourth-order valence-corrected chi connectivity index (χ4v) is 2.81. The molecule has 0 radical (unpaired) electrons. The summed E-state index contributed by atoms with van der Waals surface area (Å²) in [7, 11) is 0. The predicted molar refractivity (Wildman–Crippen MR) is 70.7 cm³/mol. The Kier molecular flexibility index (Phi) is 4.31. The number of hydrogen-bond acceptors (Lipinski definition) is 5. The van der Waals surface area contributed by atoms with E-state index < -0.39 is 0 Å². The summed E-state index contributed by atoms with van der Waals surface area (Å²) >= 11 is 1.35. The van der Waals surface area contributed by atoms with Crippen LogP contribution in [0.25, 0.3) is 0 Å². The minimum atomic E-state index is -0.115. The van der Waals surface area contributed by atoms with Crippen molar-refractivity contribution in [3.8, 4) is 0 Å². The minimum Gasteiger partial charge on any atom is -0.394 e. The molecule has 18 heavy (non-hydrogen) atoms. The molecule has 100 valence electrons. The van der Waals surface area contributed by atoms with Gasteiger partial charge in [-0.05, 0) is 13.8 Å². The molecule has 1 unspecified atom stereocenters. The van der Waals surface area contributed by atoms with Gasteiger partial charge in [-0.3, -0.25) is 14.7 Å². The molecule has 1 N–H and O–H groups in total. The highest BCUT2D eigenvalue weighted by Crippen LogP contribution is 2.17. The van der Waals surface area contributed by atoms with E-state index in [-0.39, 0.29) is 18.6 Å². The number of hydrogen-bond donors (Lipinski definition) is 1. The minimum absolute atomic E-state index is 0.00770. The number of carbonyl (C=O) groups excluding carboxylic acids is 1. The average Bonchev–Trinajstić information content (AvgIpc) is 2.90. The average molecular weight is 269 g/mol. The molecule has 6 heteroatoms. The van der Waals surface area contributed by atoms with Crippen molar-refractivity contribution in [3.63, 3.8) is 0 Å². The third-order valence-electron chi connectivity index (χ3n) is 3.36. The van der Waals surface area contributed by atoms with Gasteiger partial charge >= 0.3 is 0 Å². The van der Waals surface area contributed by atoms with Crippen molar-refractivity contribution in [2.45, 2.75) is 25.9 Å². The smallest absolute Gasteiger partial charge is 0.265 e. The van der Waals surface area contributed by atoms with Crippen molar-refractivity contribution in [3.05, 3.63) is 16.6 Å². The molecule has 1 amide bonds. The maximum absolute atomic E-state index is 12.3. The summed E-state index contributed by atoms with van der Waals surface area (Å²) in [5.74, 6) is -0.0139. The highest BCUT2D eigenvalue weighted by molar-refractivity contribution is 7.11. The van der Waals surface area contributed by atoms with Gasteiger partial charge in [0.25, 0.3) is 5.91 Å². The van der Waals surface area contributed by atoms with Gasteiger partial charge in [-0.1, -0.05) is 0 Å². The van der Waals surface area contributed by atoms with Crippen LogP contribution in [-0.4, -0.2) is 64.1 Å². The summed E-state index contributed by atoms with van der Waals surface area (Å²) in [6.07, 6.45) is 1.59. The summed E-state index contributed by atoms with van der Waals surface area (Å²) in [6.45, 7) is 6.54. The molecule has 1 fully saturated rings. The van der Waals surface area contributed by atoms with E-state index in [4.69, 9.17) is 0 Å². The number of amides is 1. The van der Waals surface area contributed by atoms with Gasteiger partial charge < -0.3 is 10.0 Å². The van der Waals surface area contributed by atoms with Crippen molar-refractivity contribution >= 4 is 17.2 Å². The number of aromatic nitrogens is 1. The highest BCUT2D eigenvalue weighted by Gasteiger charge is 2.31. The van der Waals surface area contributed by atoms with E-state index in [0.717, 1.165) is 13.1 Å². The Morgan fingerprint density at radius 3 is 2.94 bits per heavy atom. The summed E-state index contributed by atoms with van der Waals surface area (Å²) in [6, 6.07) is 0.329. The van der Waals surface area contributed by atoms with Gasteiger partial charge in [-0.25, -0.2) is 0 Å². The summed E-state index contributed by atoms with van der Waals surface area (Å²) in [4.78, 5) is 20.9. The molecule has 0 spiro atoms. The number of carbonyl (C=O) groups is 1. The third-order valence-corrected chi connectivity index (χ3v) is 4.12. The molecule has 1 aliphatic heterocycles. The van der Waals surface area contributed by atoms with Gasteiger partial charge in [0.1, 0.15) is 4.88 Å². The van der Waals surface area contributed by atoms with Gasteiger partial charge in [-0.15, -0.1) is 11.3 Å².